The molecule has 0 aromatic carbocycles. The van der Waals surface area contributed by atoms with Gasteiger partial charge in [-0.15, -0.1) is 0 Å². The van der Waals surface area contributed by atoms with Gasteiger partial charge in [-0.2, -0.15) is 0 Å². The average Bonchev–Trinajstić information content (AvgIpc) is 2.23. The summed E-state index contributed by atoms with van der Waals surface area (Å²) in [6.45, 7) is 11.8. The first-order valence-electron chi connectivity index (χ1n) is 6.37. The van der Waals surface area contributed by atoms with Crippen LogP contribution in [0.2, 0.25) is 0 Å². The SMILES string of the molecule is CCCCNCCN1CCN(C)C(C)C1. The Bertz CT molecular complexity index is 161. The topological polar surface area (TPSA) is 18.5 Å². The van der Waals surface area contributed by atoms with Gasteiger partial charge in [0.05, 0.1) is 0 Å². The summed E-state index contributed by atoms with van der Waals surface area (Å²) in [5, 5.41) is 3.50. The van der Waals surface area contributed by atoms with Gasteiger partial charge in [0.25, 0.3) is 0 Å². The predicted molar refractivity (Wildman–Crippen MR) is 66.3 cm³/mol. The summed E-state index contributed by atoms with van der Waals surface area (Å²) >= 11 is 0. The molecule has 3 heteroatoms. The summed E-state index contributed by atoms with van der Waals surface area (Å²) in [6, 6.07) is 0.717. The molecule has 0 aliphatic carbocycles. The average molecular weight is 213 g/mol. The molecule has 0 spiro atoms. The molecule has 1 aliphatic rings. The zero-order valence-electron chi connectivity index (χ0n) is 10.6. The molecule has 0 bridgehead atoms. The molecule has 3 nitrogen and oxygen atoms in total. The second-order valence-corrected chi connectivity index (χ2v) is 4.73. The summed E-state index contributed by atoms with van der Waals surface area (Å²) in [4.78, 5) is 5.02. The Morgan fingerprint density at radius 2 is 2.07 bits per heavy atom. The first-order chi connectivity index (χ1) is 7.24. The summed E-state index contributed by atoms with van der Waals surface area (Å²) < 4.78 is 0. The Kier molecular flexibility index (Phi) is 6.22. The normalized spacial score (nSPS) is 24.6. The molecule has 0 saturated carbocycles. The Hall–Kier alpha value is -0.120. The minimum absolute atomic E-state index is 0.717. The first kappa shape index (κ1) is 12.9. The molecule has 90 valence electrons. The maximum atomic E-state index is 3.50. The van der Waals surface area contributed by atoms with E-state index in [9.17, 15) is 0 Å². The highest BCUT2D eigenvalue weighted by Crippen LogP contribution is 2.05. The van der Waals surface area contributed by atoms with Gasteiger partial charge in [0.2, 0.25) is 0 Å². The Morgan fingerprint density at radius 3 is 2.73 bits per heavy atom. The maximum Gasteiger partial charge on any atom is 0.0192 e. The van der Waals surface area contributed by atoms with Crippen molar-refractivity contribution in [2.45, 2.75) is 32.7 Å². The minimum atomic E-state index is 0.717. The van der Waals surface area contributed by atoms with Crippen LogP contribution in [0.25, 0.3) is 0 Å². The fourth-order valence-electron chi connectivity index (χ4n) is 1.99. The van der Waals surface area contributed by atoms with Crippen LogP contribution in [0.15, 0.2) is 0 Å². The molecule has 0 aromatic heterocycles. The molecule has 1 fully saturated rings. The van der Waals surface area contributed by atoms with Crippen LogP contribution in [-0.2, 0) is 0 Å². The van der Waals surface area contributed by atoms with Crippen LogP contribution in [0.5, 0.6) is 0 Å². The fourth-order valence-corrected chi connectivity index (χ4v) is 1.99. The lowest BCUT2D eigenvalue weighted by molar-refractivity contribution is 0.106. The van der Waals surface area contributed by atoms with Crippen LogP contribution in [0.3, 0.4) is 0 Å². The third kappa shape index (κ3) is 4.96. The van der Waals surface area contributed by atoms with Crippen molar-refractivity contribution in [3.63, 3.8) is 0 Å². The molecule has 0 amide bonds. The van der Waals surface area contributed by atoms with Crippen LogP contribution >= 0.6 is 0 Å². The third-order valence-corrected chi connectivity index (χ3v) is 3.36. The van der Waals surface area contributed by atoms with E-state index in [0.717, 1.165) is 12.6 Å². The number of nitrogens with one attached hydrogen (secondary N) is 1. The van der Waals surface area contributed by atoms with Gasteiger partial charge in [-0.1, -0.05) is 13.3 Å². The number of hydrogen-bond acceptors (Lipinski definition) is 3. The fraction of sp³-hybridized carbons (Fsp3) is 1.00. The van der Waals surface area contributed by atoms with Gasteiger partial charge in [0.1, 0.15) is 0 Å². The van der Waals surface area contributed by atoms with Gasteiger partial charge >= 0.3 is 0 Å². The largest absolute Gasteiger partial charge is 0.315 e. The van der Waals surface area contributed by atoms with Crippen LogP contribution in [0.4, 0.5) is 0 Å². The molecular weight excluding hydrogens is 186 g/mol. The molecular formula is C12H27N3. The number of nitrogens with zero attached hydrogens (tertiary/aromatic N) is 2. The van der Waals surface area contributed by atoms with Gasteiger partial charge < -0.3 is 10.2 Å². The highest BCUT2D eigenvalue weighted by Gasteiger charge is 2.19. The summed E-state index contributed by atoms with van der Waals surface area (Å²) in [5.74, 6) is 0. The van der Waals surface area contributed by atoms with E-state index in [1.807, 2.05) is 0 Å². The number of unbranched alkanes of at least 4 members (excludes halogenated alkanes) is 1. The van der Waals surface area contributed by atoms with Crippen molar-refractivity contribution in [3.8, 4) is 0 Å². The van der Waals surface area contributed by atoms with Crippen molar-refractivity contribution in [3.05, 3.63) is 0 Å². The van der Waals surface area contributed by atoms with Gasteiger partial charge in [0.15, 0.2) is 0 Å². The van der Waals surface area contributed by atoms with Crippen molar-refractivity contribution in [1.82, 2.24) is 15.1 Å². The van der Waals surface area contributed by atoms with Crippen molar-refractivity contribution < 1.29 is 0 Å². The van der Waals surface area contributed by atoms with Crippen LogP contribution in [0, 0.1) is 0 Å². The minimum Gasteiger partial charge on any atom is -0.315 e. The van der Waals surface area contributed by atoms with E-state index in [-0.39, 0.29) is 0 Å². The monoisotopic (exact) mass is 213 g/mol. The number of rotatable bonds is 6. The van der Waals surface area contributed by atoms with E-state index in [2.05, 4.69) is 36.0 Å². The molecule has 1 saturated heterocycles. The second-order valence-electron chi connectivity index (χ2n) is 4.73. The van der Waals surface area contributed by atoms with Crippen LogP contribution in [0.1, 0.15) is 26.7 Å². The van der Waals surface area contributed by atoms with E-state index >= 15 is 0 Å². The van der Waals surface area contributed by atoms with Gasteiger partial charge in [-0.05, 0) is 26.9 Å². The van der Waals surface area contributed by atoms with E-state index < -0.39 is 0 Å². The summed E-state index contributed by atoms with van der Waals surface area (Å²) in [6.07, 6.45) is 2.59. The number of likely N-dealkylation sites (N-methyl/N-ethyl adjacent to an activating group) is 1. The lowest BCUT2D eigenvalue weighted by Crippen LogP contribution is -2.51. The van der Waals surface area contributed by atoms with Gasteiger partial charge in [-0.3, -0.25) is 4.90 Å². The highest BCUT2D eigenvalue weighted by molar-refractivity contribution is 4.76. The van der Waals surface area contributed by atoms with E-state index in [1.54, 1.807) is 0 Å². The van der Waals surface area contributed by atoms with Crippen molar-refractivity contribution in [2.75, 3.05) is 46.3 Å². The molecule has 1 aliphatic heterocycles. The molecule has 1 atom stereocenters. The number of piperazine rings is 1. The van der Waals surface area contributed by atoms with Crippen LogP contribution < -0.4 is 5.32 Å². The molecule has 0 aromatic rings. The van der Waals surface area contributed by atoms with E-state index in [1.165, 1.54) is 45.6 Å². The maximum absolute atomic E-state index is 3.50. The van der Waals surface area contributed by atoms with Gasteiger partial charge in [0, 0.05) is 38.8 Å². The Labute approximate surface area is 94.8 Å². The van der Waals surface area contributed by atoms with Crippen molar-refractivity contribution >= 4 is 0 Å². The molecule has 1 unspecified atom stereocenters. The van der Waals surface area contributed by atoms with E-state index in [0.29, 0.717) is 0 Å². The molecule has 1 heterocycles. The Balaban J connectivity index is 2.02. The summed E-state index contributed by atoms with van der Waals surface area (Å²) in [7, 11) is 2.22. The lowest BCUT2D eigenvalue weighted by atomic mass is 10.2. The molecule has 1 N–H and O–H groups in total. The molecule has 15 heavy (non-hydrogen) atoms. The lowest BCUT2D eigenvalue weighted by Gasteiger charge is -2.37. The van der Waals surface area contributed by atoms with Crippen molar-refractivity contribution in [1.29, 1.82) is 0 Å². The van der Waals surface area contributed by atoms with E-state index in [4.69, 9.17) is 0 Å². The quantitative estimate of drug-likeness (QED) is 0.664. The zero-order valence-corrected chi connectivity index (χ0v) is 10.6. The molecule has 1 rings (SSSR count). The van der Waals surface area contributed by atoms with Crippen LogP contribution in [-0.4, -0.2) is 62.2 Å². The predicted octanol–water partition coefficient (Wildman–Crippen LogP) is 1.01. The summed E-state index contributed by atoms with van der Waals surface area (Å²) in [5.41, 5.74) is 0. The van der Waals surface area contributed by atoms with Gasteiger partial charge in [-0.25, -0.2) is 0 Å². The Morgan fingerprint density at radius 1 is 1.27 bits per heavy atom. The first-order valence-corrected chi connectivity index (χ1v) is 6.37. The van der Waals surface area contributed by atoms with Crippen molar-refractivity contribution in [2.24, 2.45) is 0 Å². The third-order valence-electron chi connectivity index (χ3n) is 3.36. The standard InChI is InChI=1S/C12H27N3/c1-4-5-6-13-7-8-15-10-9-14(3)12(2)11-15/h12-13H,4-11H2,1-3H3. The zero-order chi connectivity index (χ0) is 11.1. The smallest absolute Gasteiger partial charge is 0.0192 e. The second kappa shape index (κ2) is 7.20. The number of hydrogen-bond donors (Lipinski definition) is 1. The molecule has 0 radical (unpaired) electrons. The highest BCUT2D eigenvalue weighted by atomic mass is 15.3.